The Kier molecular flexibility index (Phi) is 3.51. The Labute approximate surface area is 110 Å². The fraction of sp³-hybridized carbons (Fsp3) is 0.200. The number of amides is 1. The quantitative estimate of drug-likeness (QED) is 0.746. The summed E-state index contributed by atoms with van der Waals surface area (Å²) < 4.78 is 1.04. The van der Waals surface area contributed by atoms with Crippen molar-refractivity contribution >= 4 is 56.2 Å². The van der Waals surface area contributed by atoms with Crippen LogP contribution in [0.4, 0.5) is 0 Å². The molecule has 84 valence electrons. The largest absolute Gasteiger partial charge is 0.290 e. The van der Waals surface area contributed by atoms with Crippen LogP contribution >= 0.6 is 39.0 Å². The molecular weight excluding hydrogens is 308 g/mol. The molecule has 0 aromatic carbocycles. The number of aliphatic imine (C=N–C) groups is 1. The molecule has 0 N–H and O–H groups in total. The summed E-state index contributed by atoms with van der Waals surface area (Å²) in [5, 5.41) is 2.74. The van der Waals surface area contributed by atoms with E-state index in [1.54, 1.807) is 30.3 Å². The molecule has 1 saturated heterocycles. The van der Waals surface area contributed by atoms with Crippen molar-refractivity contribution in [3.63, 3.8) is 0 Å². The Morgan fingerprint density at radius 2 is 2.31 bits per heavy atom. The van der Waals surface area contributed by atoms with E-state index in [0.717, 1.165) is 19.4 Å². The average molecular weight is 317 g/mol. The van der Waals surface area contributed by atoms with E-state index in [0.29, 0.717) is 0 Å². The molecule has 16 heavy (non-hydrogen) atoms. The number of hydrogen-bond donors (Lipinski definition) is 0. The van der Waals surface area contributed by atoms with Gasteiger partial charge < -0.3 is 0 Å². The van der Waals surface area contributed by atoms with Gasteiger partial charge in [0.15, 0.2) is 5.17 Å². The summed E-state index contributed by atoms with van der Waals surface area (Å²) in [5.74, 6) is 0.00937. The first-order valence-electron chi connectivity index (χ1n) is 4.50. The van der Waals surface area contributed by atoms with E-state index in [1.165, 1.54) is 11.8 Å². The number of hydrogen-bond acceptors (Lipinski definition) is 4. The highest BCUT2D eigenvalue weighted by Gasteiger charge is 2.29. The van der Waals surface area contributed by atoms with Gasteiger partial charge in [0.1, 0.15) is 0 Å². The first-order chi connectivity index (χ1) is 7.61. The van der Waals surface area contributed by atoms with Crippen LogP contribution in [0.5, 0.6) is 0 Å². The van der Waals surface area contributed by atoms with Crippen molar-refractivity contribution in [3.8, 4) is 0 Å². The van der Waals surface area contributed by atoms with Gasteiger partial charge in [0, 0.05) is 28.8 Å². The van der Waals surface area contributed by atoms with Crippen molar-refractivity contribution < 1.29 is 4.79 Å². The Balaban J connectivity index is 2.30. The predicted octanol–water partition coefficient (Wildman–Crippen LogP) is 3.04. The molecule has 1 aromatic heterocycles. The van der Waals surface area contributed by atoms with E-state index in [-0.39, 0.29) is 5.91 Å². The molecule has 0 saturated carbocycles. The second-order valence-electron chi connectivity index (χ2n) is 3.15. The van der Waals surface area contributed by atoms with Gasteiger partial charge in [-0.15, -0.1) is 11.3 Å². The van der Waals surface area contributed by atoms with Crippen LogP contribution in [0.1, 0.15) is 4.88 Å². The third-order valence-corrected chi connectivity index (χ3v) is 4.85. The lowest BCUT2D eigenvalue weighted by Crippen LogP contribution is -2.23. The van der Waals surface area contributed by atoms with Gasteiger partial charge in [-0.05, 0) is 39.8 Å². The number of amidine groups is 1. The highest BCUT2D eigenvalue weighted by Crippen LogP contribution is 2.32. The van der Waals surface area contributed by atoms with E-state index in [4.69, 9.17) is 0 Å². The zero-order chi connectivity index (χ0) is 11.7. The number of thiophene rings is 1. The molecule has 0 spiro atoms. The fourth-order valence-electron chi connectivity index (χ4n) is 1.28. The van der Waals surface area contributed by atoms with E-state index in [1.807, 2.05) is 17.5 Å². The number of nitrogens with zero attached hydrogens (tertiary/aromatic N) is 2. The topological polar surface area (TPSA) is 32.7 Å². The maximum Gasteiger partial charge on any atom is 0.266 e. The van der Waals surface area contributed by atoms with Crippen molar-refractivity contribution in [1.82, 2.24) is 4.90 Å². The van der Waals surface area contributed by atoms with Crippen molar-refractivity contribution in [2.24, 2.45) is 4.99 Å². The van der Waals surface area contributed by atoms with E-state index in [2.05, 4.69) is 20.9 Å². The zero-order valence-electron chi connectivity index (χ0n) is 8.73. The van der Waals surface area contributed by atoms with Gasteiger partial charge in [-0.25, -0.2) is 0 Å². The lowest BCUT2D eigenvalue weighted by atomic mass is 10.4. The van der Waals surface area contributed by atoms with Gasteiger partial charge in [-0.1, -0.05) is 0 Å². The molecule has 0 bridgehead atoms. The van der Waals surface area contributed by atoms with Crippen molar-refractivity contribution in [3.05, 3.63) is 25.7 Å². The van der Waals surface area contributed by atoms with Gasteiger partial charge in [-0.3, -0.25) is 14.7 Å². The first kappa shape index (κ1) is 11.9. The van der Waals surface area contributed by atoms with Gasteiger partial charge in [0.2, 0.25) is 0 Å². The second kappa shape index (κ2) is 4.73. The molecule has 1 fully saturated rings. The lowest BCUT2D eigenvalue weighted by molar-refractivity contribution is -0.121. The molecule has 0 unspecified atom stereocenters. The van der Waals surface area contributed by atoms with Crippen LogP contribution in [-0.2, 0) is 4.79 Å². The van der Waals surface area contributed by atoms with Crippen molar-refractivity contribution in [2.75, 3.05) is 14.1 Å². The highest BCUT2D eigenvalue weighted by molar-refractivity contribution is 9.10. The minimum absolute atomic E-state index is 0.00937. The fourth-order valence-corrected chi connectivity index (χ4v) is 3.65. The number of carbonyl (C=O) groups is 1. The van der Waals surface area contributed by atoms with Gasteiger partial charge in [-0.2, -0.15) is 0 Å². The average Bonchev–Trinajstić information content (AvgIpc) is 2.78. The summed E-state index contributed by atoms with van der Waals surface area (Å²) in [4.78, 5) is 19.2. The summed E-state index contributed by atoms with van der Waals surface area (Å²) in [5.41, 5.74) is 0. The molecular formula is C10H9BrN2OS2. The molecule has 2 rings (SSSR count). The minimum Gasteiger partial charge on any atom is -0.290 e. The van der Waals surface area contributed by atoms with E-state index >= 15 is 0 Å². The zero-order valence-corrected chi connectivity index (χ0v) is 11.9. The summed E-state index contributed by atoms with van der Waals surface area (Å²) in [7, 11) is 3.43. The molecule has 1 amide bonds. The number of thioether (sulfide) groups is 1. The number of likely N-dealkylation sites (N-methyl/N-ethyl adjacent to an activating group) is 1. The lowest BCUT2D eigenvalue weighted by Gasteiger charge is -2.04. The van der Waals surface area contributed by atoms with Crippen molar-refractivity contribution in [2.45, 2.75) is 0 Å². The van der Waals surface area contributed by atoms with Crippen LogP contribution in [0.3, 0.4) is 0 Å². The molecule has 1 aromatic rings. The Morgan fingerprint density at radius 3 is 2.81 bits per heavy atom. The molecule has 0 atom stereocenters. The minimum atomic E-state index is 0.00937. The molecule has 2 heterocycles. The highest BCUT2D eigenvalue weighted by atomic mass is 79.9. The van der Waals surface area contributed by atoms with Crippen LogP contribution in [-0.4, -0.2) is 30.1 Å². The Hall–Kier alpha value is -0.590. The predicted molar refractivity (Wildman–Crippen MR) is 73.7 cm³/mol. The van der Waals surface area contributed by atoms with Crippen LogP contribution in [0.15, 0.2) is 25.8 Å². The van der Waals surface area contributed by atoms with Gasteiger partial charge in [0.05, 0.1) is 4.91 Å². The van der Waals surface area contributed by atoms with Crippen LogP contribution in [0.25, 0.3) is 6.08 Å². The number of carbonyl (C=O) groups excluding carboxylic acids is 1. The van der Waals surface area contributed by atoms with E-state index < -0.39 is 0 Å². The summed E-state index contributed by atoms with van der Waals surface area (Å²) in [6.07, 6.45) is 1.90. The third-order valence-electron chi connectivity index (χ3n) is 2.06. The summed E-state index contributed by atoms with van der Waals surface area (Å²) >= 11 is 6.40. The normalized spacial score (nSPS) is 21.4. The summed E-state index contributed by atoms with van der Waals surface area (Å²) in [6, 6.07) is 1.99. The maximum atomic E-state index is 11.8. The van der Waals surface area contributed by atoms with Crippen LogP contribution in [0, 0.1) is 0 Å². The van der Waals surface area contributed by atoms with Gasteiger partial charge >= 0.3 is 0 Å². The maximum absolute atomic E-state index is 11.8. The van der Waals surface area contributed by atoms with Crippen LogP contribution < -0.4 is 0 Å². The van der Waals surface area contributed by atoms with E-state index in [9.17, 15) is 4.79 Å². The Morgan fingerprint density at radius 1 is 1.56 bits per heavy atom. The first-order valence-corrected chi connectivity index (χ1v) is 6.99. The molecule has 1 aliphatic heterocycles. The second-order valence-corrected chi connectivity index (χ2v) is 6.02. The molecule has 6 heteroatoms. The van der Waals surface area contributed by atoms with Gasteiger partial charge in [0.25, 0.3) is 5.91 Å². The standard InChI is InChI=1S/C10H9BrN2OS2/c1-12-10-13(2)9(14)8(16-10)4-7-3-6(11)5-15-7/h3-5H,1-2H3/b8-4+,12-10?. The number of rotatable bonds is 1. The monoisotopic (exact) mass is 316 g/mol. The summed E-state index contributed by atoms with van der Waals surface area (Å²) in [6.45, 7) is 0. The smallest absolute Gasteiger partial charge is 0.266 e. The van der Waals surface area contributed by atoms with Crippen molar-refractivity contribution in [1.29, 1.82) is 0 Å². The molecule has 3 nitrogen and oxygen atoms in total. The molecule has 0 radical (unpaired) electrons. The molecule has 0 aliphatic carbocycles. The SMILES string of the molecule is CN=C1S/C(=C/c2cc(Br)cs2)C(=O)N1C. The molecule has 1 aliphatic rings. The third kappa shape index (κ3) is 2.23. The Bertz CT molecular complexity index is 493. The van der Waals surface area contributed by atoms with Crippen LogP contribution in [0.2, 0.25) is 0 Å². The number of halogens is 1.